The molecule has 160 valence electrons. The monoisotopic (exact) mass is 386 g/mol. The van der Waals surface area contributed by atoms with Crippen molar-refractivity contribution in [3.63, 3.8) is 0 Å². The normalized spacial score (nSPS) is 10.8. The summed E-state index contributed by atoms with van der Waals surface area (Å²) in [5, 5.41) is 19.8. The van der Waals surface area contributed by atoms with Crippen LogP contribution in [0.5, 0.6) is 0 Å². The lowest BCUT2D eigenvalue weighted by Gasteiger charge is -2.16. The number of aliphatic hydroxyl groups excluding tert-OH is 2. The average Bonchev–Trinajstić information content (AvgIpc) is 2.65. The molecule has 0 radical (unpaired) electrons. The molecule has 0 aromatic carbocycles. The van der Waals surface area contributed by atoms with E-state index in [1.54, 1.807) is 0 Å². The lowest BCUT2D eigenvalue weighted by molar-refractivity contribution is -0.120. The minimum atomic E-state index is -0.758. The van der Waals surface area contributed by atoms with E-state index in [0.29, 0.717) is 6.42 Å². The second-order valence-electron chi connectivity index (χ2n) is 7.38. The number of hydrogen-bond acceptors (Lipinski definition) is 4. The van der Waals surface area contributed by atoms with Gasteiger partial charge in [0.1, 0.15) is 13.5 Å². The number of nitrogens with zero attached hydrogens (tertiary/aromatic N) is 1. The highest BCUT2D eigenvalue weighted by Gasteiger charge is 2.13. The van der Waals surface area contributed by atoms with E-state index in [2.05, 4.69) is 12.2 Å². The molecule has 0 aliphatic rings. The first-order valence-electron chi connectivity index (χ1n) is 11.0. The van der Waals surface area contributed by atoms with E-state index in [0.717, 1.165) is 24.2 Å². The Morgan fingerprint density at radius 2 is 1.04 bits per heavy atom. The quantitative estimate of drug-likeness (QED) is 0.235. The minimum Gasteiger partial charge on any atom is -0.376 e. The van der Waals surface area contributed by atoms with Crippen molar-refractivity contribution in [1.82, 2.24) is 10.2 Å². The van der Waals surface area contributed by atoms with Crippen molar-refractivity contribution in [1.29, 1.82) is 0 Å². The number of amides is 3. The number of rotatable bonds is 18. The molecule has 0 bridgehead atoms. The Labute approximate surface area is 165 Å². The first-order chi connectivity index (χ1) is 13.2. The van der Waals surface area contributed by atoms with Gasteiger partial charge in [0.2, 0.25) is 5.91 Å². The second-order valence-corrected chi connectivity index (χ2v) is 7.38. The number of urea groups is 1. The van der Waals surface area contributed by atoms with Crippen LogP contribution in [-0.2, 0) is 4.79 Å². The van der Waals surface area contributed by atoms with Crippen molar-refractivity contribution in [2.75, 3.05) is 13.5 Å². The lowest BCUT2D eigenvalue weighted by atomic mass is 10.0. The van der Waals surface area contributed by atoms with Gasteiger partial charge in [-0.25, -0.2) is 4.79 Å². The number of imide groups is 1. The Kier molecular flexibility index (Phi) is 18.8. The maximum absolute atomic E-state index is 11.6. The van der Waals surface area contributed by atoms with Gasteiger partial charge in [0.15, 0.2) is 0 Å². The van der Waals surface area contributed by atoms with E-state index in [9.17, 15) is 9.59 Å². The Bertz CT molecular complexity index is 360. The van der Waals surface area contributed by atoms with Crippen LogP contribution in [-0.4, -0.2) is 40.5 Å². The van der Waals surface area contributed by atoms with Crippen LogP contribution in [0, 0.1) is 0 Å². The smallest absolute Gasteiger partial charge is 0.327 e. The number of hydrogen-bond donors (Lipinski definition) is 3. The summed E-state index contributed by atoms with van der Waals surface area (Å²) in [6, 6.07) is -0.758. The van der Waals surface area contributed by atoms with Crippen LogP contribution in [0.1, 0.15) is 110 Å². The summed E-state index contributed by atoms with van der Waals surface area (Å²) in [7, 11) is 0. The maximum Gasteiger partial charge on any atom is 0.327 e. The SMILES string of the molecule is CCCCCCCCCCCCCCCCCC(=O)NC(=O)N(CO)CO. The summed E-state index contributed by atoms with van der Waals surface area (Å²) < 4.78 is 0. The van der Waals surface area contributed by atoms with Crippen molar-refractivity contribution < 1.29 is 19.8 Å². The Balaban J connectivity index is 3.31. The van der Waals surface area contributed by atoms with Crippen LogP contribution < -0.4 is 5.32 Å². The highest BCUT2D eigenvalue weighted by Crippen LogP contribution is 2.13. The Morgan fingerprint density at radius 3 is 1.41 bits per heavy atom. The minimum absolute atomic E-state index is 0.300. The molecule has 0 atom stereocenters. The van der Waals surface area contributed by atoms with E-state index in [1.807, 2.05) is 0 Å². The molecule has 0 spiro atoms. The van der Waals surface area contributed by atoms with Crippen molar-refractivity contribution in [2.24, 2.45) is 0 Å². The number of carbonyl (C=O) groups is 2. The number of aliphatic hydroxyl groups is 2. The molecule has 0 aromatic rings. The fourth-order valence-corrected chi connectivity index (χ4v) is 3.09. The molecule has 0 aromatic heterocycles. The number of nitrogens with one attached hydrogen (secondary N) is 1. The van der Waals surface area contributed by atoms with Crippen LogP contribution in [0.4, 0.5) is 4.79 Å². The predicted octanol–water partition coefficient (Wildman–Crippen LogP) is 4.69. The van der Waals surface area contributed by atoms with Gasteiger partial charge in [0.05, 0.1) is 0 Å². The molecule has 0 aliphatic heterocycles. The molecule has 6 heteroatoms. The van der Waals surface area contributed by atoms with Crippen LogP contribution in [0.3, 0.4) is 0 Å². The summed E-state index contributed by atoms with van der Waals surface area (Å²) in [6.07, 6.45) is 19.3. The van der Waals surface area contributed by atoms with Gasteiger partial charge in [-0.3, -0.25) is 15.0 Å². The molecule has 6 nitrogen and oxygen atoms in total. The molecule has 0 unspecified atom stereocenters. The first kappa shape index (κ1) is 25.9. The van der Waals surface area contributed by atoms with Crippen LogP contribution in [0.2, 0.25) is 0 Å². The number of carbonyl (C=O) groups excluding carboxylic acids is 2. The third-order valence-electron chi connectivity index (χ3n) is 4.88. The zero-order valence-corrected chi connectivity index (χ0v) is 17.4. The van der Waals surface area contributed by atoms with Crippen molar-refractivity contribution in [3.8, 4) is 0 Å². The van der Waals surface area contributed by atoms with E-state index in [4.69, 9.17) is 10.2 Å². The van der Waals surface area contributed by atoms with Gasteiger partial charge >= 0.3 is 6.03 Å². The van der Waals surface area contributed by atoms with E-state index < -0.39 is 19.5 Å². The van der Waals surface area contributed by atoms with Gasteiger partial charge in [-0.15, -0.1) is 0 Å². The summed E-state index contributed by atoms with van der Waals surface area (Å²) in [5.74, 6) is -0.360. The fraction of sp³-hybridized carbons (Fsp3) is 0.905. The molecule has 0 saturated carbocycles. The summed E-state index contributed by atoms with van der Waals surface area (Å²) in [6.45, 7) is 1.02. The number of unbranched alkanes of at least 4 members (excludes halogenated alkanes) is 14. The molecule has 0 saturated heterocycles. The molecule has 0 fully saturated rings. The molecular weight excluding hydrogens is 344 g/mol. The standard InChI is InChI=1S/C21H42N2O4/c1-2-3-4-5-6-7-8-9-10-11-12-13-14-15-16-17-20(26)22-21(27)23(18-24)19-25/h24-25H,2-19H2,1H3,(H,22,26,27). The first-order valence-corrected chi connectivity index (χ1v) is 11.0. The van der Waals surface area contributed by atoms with Gasteiger partial charge < -0.3 is 10.2 Å². The van der Waals surface area contributed by atoms with Gasteiger partial charge in [-0.1, -0.05) is 96.8 Å². The van der Waals surface area contributed by atoms with Gasteiger partial charge in [0, 0.05) is 6.42 Å². The van der Waals surface area contributed by atoms with Crippen LogP contribution in [0.15, 0.2) is 0 Å². The highest BCUT2D eigenvalue weighted by atomic mass is 16.3. The zero-order chi connectivity index (χ0) is 20.2. The van der Waals surface area contributed by atoms with Crippen LogP contribution >= 0.6 is 0 Å². The van der Waals surface area contributed by atoms with E-state index in [1.165, 1.54) is 77.0 Å². The summed E-state index contributed by atoms with van der Waals surface area (Å²) >= 11 is 0. The topological polar surface area (TPSA) is 89.9 Å². The van der Waals surface area contributed by atoms with Crippen LogP contribution in [0.25, 0.3) is 0 Å². The lowest BCUT2D eigenvalue weighted by Crippen LogP contribution is -2.43. The predicted molar refractivity (Wildman–Crippen MR) is 109 cm³/mol. The Hall–Kier alpha value is -1.14. The van der Waals surface area contributed by atoms with Crippen molar-refractivity contribution in [2.45, 2.75) is 110 Å². The highest BCUT2D eigenvalue weighted by molar-refractivity contribution is 5.94. The fourth-order valence-electron chi connectivity index (χ4n) is 3.09. The van der Waals surface area contributed by atoms with Crippen molar-refractivity contribution in [3.05, 3.63) is 0 Å². The third kappa shape index (κ3) is 16.7. The second kappa shape index (κ2) is 19.6. The van der Waals surface area contributed by atoms with Gasteiger partial charge in [-0.2, -0.15) is 0 Å². The summed E-state index contributed by atoms with van der Waals surface area (Å²) in [5.41, 5.74) is 0. The average molecular weight is 387 g/mol. The van der Waals surface area contributed by atoms with E-state index in [-0.39, 0.29) is 5.91 Å². The van der Waals surface area contributed by atoms with Crippen molar-refractivity contribution >= 4 is 11.9 Å². The van der Waals surface area contributed by atoms with Gasteiger partial charge in [0.25, 0.3) is 0 Å². The molecule has 27 heavy (non-hydrogen) atoms. The van der Waals surface area contributed by atoms with E-state index >= 15 is 0 Å². The largest absolute Gasteiger partial charge is 0.376 e. The molecule has 0 aliphatic carbocycles. The maximum atomic E-state index is 11.6. The molecule has 3 amide bonds. The third-order valence-corrected chi connectivity index (χ3v) is 4.88. The van der Waals surface area contributed by atoms with Gasteiger partial charge in [-0.05, 0) is 6.42 Å². The molecule has 3 N–H and O–H groups in total. The molecule has 0 heterocycles. The summed E-state index contributed by atoms with van der Waals surface area (Å²) in [4.78, 5) is 23.8. The molecular formula is C21H42N2O4. The zero-order valence-electron chi connectivity index (χ0n) is 17.4. The molecule has 0 rings (SSSR count). The Morgan fingerprint density at radius 1 is 0.667 bits per heavy atom.